The Balaban J connectivity index is 1.92. The maximum absolute atomic E-state index is 12.7. The molecule has 0 unspecified atom stereocenters. The standard InChI is InChI=1S/C16H28N4O3/c1-12(14(21)18-16(17)23)20-10-6-7-13(11-20)15(22)19-8-4-2-3-5-9-19/h12-13H,2-11H2,1H3,(H3,17,18,21,23)/t12-,13-/m0/s1. The minimum absolute atomic E-state index is 0.0503. The Morgan fingerprint density at radius 1 is 1.04 bits per heavy atom. The van der Waals surface area contributed by atoms with Crippen LogP contribution in [0.15, 0.2) is 0 Å². The molecule has 0 aromatic rings. The Labute approximate surface area is 137 Å². The van der Waals surface area contributed by atoms with E-state index in [1.165, 1.54) is 12.8 Å². The lowest BCUT2D eigenvalue weighted by Gasteiger charge is -2.37. The minimum Gasteiger partial charge on any atom is -0.351 e. The number of likely N-dealkylation sites (tertiary alicyclic amines) is 2. The number of amides is 4. The van der Waals surface area contributed by atoms with Gasteiger partial charge < -0.3 is 10.6 Å². The second-order valence-electron chi connectivity index (χ2n) is 6.60. The van der Waals surface area contributed by atoms with Crippen molar-refractivity contribution in [2.45, 2.75) is 51.5 Å². The fraction of sp³-hybridized carbons (Fsp3) is 0.812. The highest BCUT2D eigenvalue weighted by molar-refractivity contribution is 5.96. The summed E-state index contributed by atoms with van der Waals surface area (Å²) in [5.41, 5.74) is 5.00. The third-order valence-corrected chi connectivity index (χ3v) is 4.89. The van der Waals surface area contributed by atoms with E-state index in [1.54, 1.807) is 6.92 Å². The average molecular weight is 324 g/mol. The molecule has 2 atom stereocenters. The molecule has 2 aliphatic rings. The number of primary amides is 1. The third kappa shape index (κ3) is 4.92. The number of rotatable bonds is 3. The van der Waals surface area contributed by atoms with Crippen LogP contribution in [-0.4, -0.2) is 59.9 Å². The Bertz CT molecular complexity index is 447. The van der Waals surface area contributed by atoms with Crippen molar-refractivity contribution < 1.29 is 14.4 Å². The van der Waals surface area contributed by atoms with E-state index in [9.17, 15) is 14.4 Å². The minimum atomic E-state index is -0.837. The van der Waals surface area contributed by atoms with Crippen LogP contribution >= 0.6 is 0 Å². The van der Waals surface area contributed by atoms with E-state index in [-0.39, 0.29) is 11.8 Å². The predicted molar refractivity (Wildman–Crippen MR) is 86.5 cm³/mol. The van der Waals surface area contributed by atoms with E-state index in [0.29, 0.717) is 6.54 Å². The molecule has 2 saturated heterocycles. The van der Waals surface area contributed by atoms with E-state index in [4.69, 9.17) is 5.73 Å². The maximum atomic E-state index is 12.7. The van der Waals surface area contributed by atoms with Crippen LogP contribution in [-0.2, 0) is 9.59 Å². The number of carbonyl (C=O) groups excluding carboxylic acids is 3. The van der Waals surface area contributed by atoms with Gasteiger partial charge in [-0.05, 0) is 39.2 Å². The van der Waals surface area contributed by atoms with Crippen molar-refractivity contribution >= 4 is 17.8 Å². The molecule has 3 N–H and O–H groups in total. The first-order chi connectivity index (χ1) is 11.0. The predicted octanol–water partition coefficient (Wildman–Crippen LogP) is 0.684. The molecule has 0 bridgehead atoms. The molecule has 2 fully saturated rings. The highest BCUT2D eigenvalue weighted by atomic mass is 16.2. The monoisotopic (exact) mass is 324 g/mol. The summed E-state index contributed by atoms with van der Waals surface area (Å²) in [6, 6.07) is -1.29. The molecule has 130 valence electrons. The maximum Gasteiger partial charge on any atom is 0.318 e. The van der Waals surface area contributed by atoms with Crippen molar-refractivity contribution in [2.24, 2.45) is 11.7 Å². The second-order valence-corrected chi connectivity index (χ2v) is 6.60. The molecule has 2 aliphatic heterocycles. The number of hydrogen-bond donors (Lipinski definition) is 2. The first kappa shape index (κ1) is 17.7. The van der Waals surface area contributed by atoms with Gasteiger partial charge in [0.15, 0.2) is 0 Å². The van der Waals surface area contributed by atoms with Crippen LogP contribution in [0.25, 0.3) is 0 Å². The molecule has 23 heavy (non-hydrogen) atoms. The fourth-order valence-corrected chi connectivity index (χ4v) is 3.50. The van der Waals surface area contributed by atoms with Gasteiger partial charge in [-0.25, -0.2) is 4.79 Å². The molecule has 2 heterocycles. The summed E-state index contributed by atoms with van der Waals surface area (Å²) in [5.74, 6) is -0.231. The Morgan fingerprint density at radius 2 is 1.70 bits per heavy atom. The average Bonchev–Trinajstić information content (AvgIpc) is 2.82. The first-order valence-electron chi connectivity index (χ1n) is 8.62. The molecule has 0 saturated carbocycles. The molecule has 0 aromatic heterocycles. The van der Waals surface area contributed by atoms with Gasteiger partial charge in [-0.15, -0.1) is 0 Å². The lowest BCUT2D eigenvalue weighted by molar-refractivity contribution is -0.139. The van der Waals surface area contributed by atoms with Crippen LogP contribution in [0, 0.1) is 5.92 Å². The van der Waals surface area contributed by atoms with Gasteiger partial charge in [-0.2, -0.15) is 0 Å². The van der Waals surface area contributed by atoms with E-state index >= 15 is 0 Å². The molecule has 0 aromatic carbocycles. The van der Waals surface area contributed by atoms with E-state index in [1.807, 2.05) is 9.80 Å². The van der Waals surface area contributed by atoms with Crippen molar-refractivity contribution in [1.82, 2.24) is 15.1 Å². The van der Waals surface area contributed by atoms with Crippen molar-refractivity contribution in [1.29, 1.82) is 0 Å². The summed E-state index contributed by atoms with van der Waals surface area (Å²) >= 11 is 0. The zero-order valence-corrected chi connectivity index (χ0v) is 13.9. The lowest BCUT2D eigenvalue weighted by Crippen LogP contribution is -2.53. The number of urea groups is 1. The molecule has 7 nitrogen and oxygen atoms in total. The first-order valence-corrected chi connectivity index (χ1v) is 8.62. The number of imide groups is 1. The molecule has 0 radical (unpaired) electrons. The molecule has 7 heteroatoms. The summed E-state index contributed by atoms with van der Waals surface area (Å²) in [6.07, 6.45) is 6.32. The van der Waals surface area contributed by atoms with Gasteiger partial charge in [0.05, 0.1) is 12.0 Å². The Kier molecular flexibility index (Phi) is 6.38. The van der Waals surface area contributed by atoms with Crippen LogP contribution in [0.5, 0.6) is 0 Å². The van der Waals surface area contributed by atoms with Gasteiger partial charge in [0, 0.05) is 19.6 Å². The van der Waals surface area contributed by atoms with Gasteiger partial charge >= 0.3 is 6.03 Å². The van der Waals surface area contributed by atoms with Gasteiger partial charge in [-0.3, -0.25) is 19.8 Å². The second kappa shape index (κ2) is 8.29. The van der Waals surface area contributed by atoms with Gasteiger partial charge in [0.2, 0.25) is 11.8 Å². The SMILES string of the molecule is C[C@@H](C(=O)NC(N)=O)N1CCC[C@H](C(=O)N2CCCCCC2)C1. The summed E-state index contributed by atoms with van der Waals surface area (Å²) in [5, 5.41) is 2.12. The number of nitrogens with two attached hydrogens (primary N) is 1. The highest BCUT2D eigenvalue weighted by Crippen LogP contribution is 2.22. The quantitative estimate of drug-likeness (QED) is 0.798. The van der Waals surface area contributed by atoms with Gasteiger partial charge in [0.25, 0.3) is 0 Å². The Hall–Kier alpha value is -1.63. The number of nitrogens with one attached hydrogen (secondary N) is 1. The molecule has 0 spiro atoms. The molecular formula is C16H28N4O3. The highest BCUT2D eigenvalue weighted by Gasteiger charge is 2.33. The lowest BCUT2D eigenvalue weighted by atomic mass is 9.95. The number of carbonyl (C=O) groups is 3. The van der Waals surface area contributed by atoms with Crippen LogP contribution in [0.4, 0.5) is 4.79 Å². The van der Waals surface area contributed by atoms with Crippen LogP contribution < -0.4 is 11.1 Å². The van der Waals surface area contributed by atoms with Crippen molar-refractivity contribution in [3.63, 3.8) is 0 Å². The number of nitrogens with zero attached hydrogens (tertiary/aromatic N) is 2. The van der Waals surface area contributed by atoms with E-state index in [2.05, 4.69) is 5.32 Å². The van der Waals surface area contributed by atoms with Crippen LogP contribution in [0.2, 0.25) is 0 Å². The zero-order chi connectivity index (χ0) is 16.8. The topological polar surface area (TPSA) is 95.7 Å². The molecule has 0 aliphatic carbocycles. The normalized spacial score (nSPS) is 24.6. The van der Waals surface area contributed by atoms with Crippen LogP contribution in [0.1, 0.15) is 45.4 Å². The third-order valence-electron chi connectivity index (χ3n) is 4.89. The Morgan fingerprint density at radius 3 is 2.30 bits per heavy atom. The van der Waals surface area contributed by atoms with E-state index < -0.39 is 18.0 Å². The van der Waals surface area contributed by atoms with Gasteiger partial charge in [0.1, 0.15) is 0 Å². The summed E-state index contributed by atoms with van der Waals surface area (Å²) in [6.45, 7) is 4.79. The van der Waals surface area contributed by atoms with E-state index in [0.717, 1.165) is 45.3 Å². The summed E-state index contributed by atoms with van der Waals surface area (Å²) < 4.78 is 0. The fourth-order valence-electron chi connectivity index (χ4n) is 3.50. The molecular weight excluding hydrogens is 296 g/mol. The smallest absolute Gasteiger partial charge is 0.318 e. The van der Waals surface area contributed by atoms with Crippen molar-refractivity contribution in [2.75, 3.05) is 26.2 Å². The number of piperidine rings is 1. The molecule has 2 rings (SSSR count). The summed E-state index contributed by atoms with van der Waals surface area (Å²) in [7, 11) is 0. The van der Waals surface area contributed by atoms with Crippen molar-refractivity contribution in [3.8, 4) is 0 Å². The van der Waals surface area contributed by atoms with Crippen molar-refractivity contribution in [3.05, 3.63) is 0 Å². The molecule has 4 amide bonds. The summed E-state index contributed by atoms with van der Waals surface area (Å²) in [4.78, 5) is 39.5. The van der Waals surface area contributed by atoms with Crippen LogP contribution in [0.3, 0.4) is 0 Å². The largest absolute Gasteiger partial charge is 0.351 e. The van der Waals surface area contributed by atoms with Gasteiger partial charge in [-0.1, -0.05) is 12.8 Å². The zero-order valence-electron chi connectivity index (χ0n) is 13.9. The number of hydrogen-bond acceptors (Lipinski definition) is 4.